The van der Waals surface area contributed by atoms with Crippen molar-refractivity contribution in [3.05, 3.63) is 0 Å². The molecule has 9 heteroatoms. The number of ether oxygens (including phenoxy) is 1. The fourth-order valence-electron chi connectivity index (χ4n) is 0.811. The number of amides is 1. The molecule has 0 atom stereocenters. The minimum atomic E-state index is -0.958. The SMILES string of the molecule is O=C(O)CCOCCN(BO)C(=O)BO. The molecule has 0 fully saturated rings. The van der Waals surface area contributed by atoms with E-state index in [9.17, 15) is 9.59 Å². The zero-order valence-corrected chi connectivity index (χ0v) is 8.26. The van der Waals surface area contributed by atoms with Crippen LogP contribution in [0, 0.1) is 0 Å². The zero-order chi connectivity index (χ0) is 11.7. The molecule has 0 heterocycles. The second-order valence-electron chi connectivity index (χ2n) is 2.71. The summed E-state index contributed by atoms with van der Waals surface area (Å²) < 4.78 is 4.90. The monoisotopic (exact) mass is 217 g/mol. The average Bonchev–Trinajstić information content (AvgIpc) is 2.22. The number of hydrogen-bond acceptors (Lipinski definition) is 5. The maximum atomic E-state index is 10.9. The molecule has 7 nitrogen and oxygen atoms in total. The van der Waals surface area contributed by atoms with Crippen molar-refractivity contribution in [3.63, 3.8) is 0 Å². The average molecular weight is 217 g/mol. The van der Waals surface area contributed by atoms with E-state index in [0.29, 0.717) is 0 Å². The number of rotatable bonds is 8. The first kappa shape index (κ1) is 13.9. The number of hydrogen-bond donors (Lipinski definition) is 3. The number of aliphatic carboxylic acids is 1. The van der Waals surface area contributed by atoms with Gasteiger partial charge in [-0.05, 0) is 0 Å². The van der Waals surface area contributed by atoms with E-state index in [2.05, 4.69) is 0 Å². The predicted molar refractivity (Wildman–Crippen MR) is 53.9 cm³/mol. The Bertz CT molecular complexity index is 214. The van der Waals surface area contributed by atoms with E-state index in [-0.39, 0.29) is 26.2 Å². The van der Waals surface area contributed by atoms with Crippen molar-refractivity contribution in [2.24, 2.45) is 0 Å². The van der Waals surface area contributed by atoms with Gasteiger partial charge in [0.2, 0.25) is 0 Å². The van der Waals surface area contributed by atoms with E-state index in [1.165, 1.54) is 0 Å². The van der Waals surface area contributed by atoms with Gasteiger partial charge in [0.05, 0.1) is 19.6 Å². The summed E-state index contributed by atoms with van der Waals surface area (Å²) in [5.74, 6) is -1.56. The molecule has 1 amide bonds. The lowest BCUT2D eigenvalue weighted by molar-refractivity contribution is -0.138. The lowest BCUT2D eigenvalue weighted by atomic mass is 9.96. The van der Waals surface area contributed by atoms with E-state index in [0.717, 1.165) is 4.81 Å². The van der Waals surface area contributed by atoms with Crippen molar-refractivity contribution >= 4 is 26.9 Å². The van der Waals surface area contributed by atoms with Gasteiger partial charge in [-0.1, -0.05) is 0 Å². The van der Waals surface area contributed by atoms with Crippen molar-refractivity contribution in [2.45, 2.75) is 6.42 Å². The van der Waals surface area contributed by atoms with Crippen LogP contribution in [0.5, 0.6) is 0 Å². The molecule has 84 valence electrons. The predicted octanol–water partition coefficient (Wildman–Crippen LogP) is -2.50. The third kappa shape index (κ3) is 6.95. The largest absolute Gasteiger partial charge is 0.481 e. The molecular formula is C6H13B2NO6. The summed E-state index contributed by atoms with van der Waals surface area (Å²) in [7, 11) is -1.17. The van der Waals surface area contributed by atoms with E-state index < -0.39 is 26.9 Å². The summed E-state index contributed by atoms with van der Waals surface area (Å²) in [6.07, 6.45) is -0.104. The molecule has 0 bridgehead atoms. The van der Waals surface area contributed by atoms with Gasteiger partial charge in [-0.2, -0.15) is 0 Å². The summed E-state index contributed by atoms with van der Waals surface area (Å²) >= 11 is 0. The maximum absolute atomic E-state index is 10.9. The molecule has 0 spiro atoms. The summed E-state index contributed by atoms with van der Waals surface area (Å²) in [6.45, 7) is 0.303. The van der Waals surface area contributed by atoms with Crippen LogP contribution in [0.4, 0.5) is 4.79 Å². The Morgan fingerprint density at radius 1 is 1.27 bits per heavy atom. The van der Waals surface area contributed by atoms with Gasteiger partial charge < -0.3 is 24.7 Å². The van der Waals surface area contributed by atoms with Gasteiger partial charge in [0, 0.05) is 6.54 Å². The molecular weight excluding hydrogens is 204 g/mol. The fourth-order valence-corrected chi connectivity index (χ4v) is 0.811. The van der Waals surface area contributed by atoms with Crippen LogP contribution in [0.3, 0.4) is 0 Å². The summed E-state index contributed by atoms with van der Waals surface area (Å²) in [6, 6.07) is 0. The van der Waals surface area contributed by atoms with Gasteiger partial charge in [0.25, 0.3) is 0 Å². The van der Waals surface area contributed by atoms with Crippen LogP contribution in [0.2, 0.25) is 0 Å². The van der Waals surface area contributed by atoms with E-state index >= 15 is 0 Å². The Balaban J connectivity index is 3.55. The molecule has 0 radical (unpaired) electrons. The summed E-state index contributed by atoms with van der Waals surface area (Å²) in [4.78, 5) is 22.0. The lowest BCUT2D eigenvalue weighted by Crippen LogP contribution is -2.39. The smallest absolute Gasteiger partial charge is 0.395 e. The van der Waals surface area contributed by atoms with Crippen LogP contribution in [0.15, 0.2) is 0 Å². The van der Waals surface area contributed by atoms with Crippen LogP contribution < -0.4 is 0 Å². The van der Waals surface area contributed by atoms with Crippen molar-refractivity contribution in [2.75, 3.05) is 19.8 Å². The standard InChI is InChI=1S/C6H13B2NO6/c10-5(11)1-3-15-4-2-9(8-14)6(12)7-13/h7-8,13-14H,1-4H2,(H,10,11). The van der Waals surface area contributed by atoms with Crippen LogP contribution in [0.1, 0.15) is 6.42 Å². The zero-order valence-electron chi connectivity index (χ0n) is 8.26. The number of nitrogens with zero attached hydrogens (tertiary/aromatic N) is 1. The highest BCUT2D eigenvalue weighted by Gasteiger charge is 2.13. The molecule has 0 saturated carbocycles. The number of carbonyl (C=O) groups is 2. The second-order valence-corrected chi connectivity index (χ2v) is 2.71. The molecule has 0 aliphatic rings. The van der Waals surface area contributed by atoms with E-state index in [1.807, 2.05) is 0 Å². The number of carbonyl (C=O) groups excluding carboxylic acids is 1. The highest BCUT2D eigenvalue weighted by Crippen LogP contribution is 1.89. The highest BCUT2D eigenvalue weighted by molar-refractivity contribution is 6.69. The number of carboxylic acid groups (broad SMARTS) is 1. The van der Waals surface area contributed by atoms with Gasteiger partial charge in [-0.25, -0.2) is 0 Å². The molecule has 0 aliphatic heterocycles. The Kier molecular flexibility index (Phi) is 7.69. The van der Waals surface area contributed by atoms with Crippen molar-refractivity contribution in [1.82, 2.24) is 4.81 Å². The van der Waals surface area contributed by atoms with Crippen LogP contribution in [0.25, 0.3) is 0 Å². The van der Waals surface area contributed by atoms with Crippen LogP contribution >= 0.6 is 0 Å². The van der Waals surface area contributed by atoms with Crippen LogP contribution in [-0.2, 0) is 9.53 Å². The van der Waals surface area contributed by atoms with E-state index in [1.54, 1.807) is 0 Å². The Morgan fingerprint density at radius 3 is 2.40 bits per heavy atom. The first-order chi connectivity index (χ1) is 7.11. The van der Waals surface area contributed by atoms with Crippen molar-refractivity contribution < 1.29 is 29.5 Å². The Labute approximate surface area is 88.2 Å². The van der Waals surface area contributed by atoms with Crippen molar-refractivity contribution in [1.29, 1.82) is 0 Å². The van der Waals surface area contributed by atoms with Gasteiger partial charge in [-0.3, -0.25) is 9.59 Å². The quantitative estimate of drug-likeness (QED) is 0.306. The van der Waals surface area contributed by atoms with Gasteiger partial charge >= 0.3 is 21.1 Å². The normalized spacial score (nSPS) is 9.47. The summed E-state index contributed by atoms with van der Waals surface area (Å²) in [5.41, 5.74) is 0. The minimum absolute atomic E-state index is 0.0575. The molecule has 0 rings (SSSR count). The number of carboxylic acids is 1. The third-order valence-electron chi connectivity index (χ3n) is 1.62. The highest BCUT2D eigenvalue weighted by atomic mass is 16.5. The first-order valence-electron chi connectivity index (χ1n) is 4.40. The van der Waals surface area contributed by atoms with E-state index in [4.69, 9.17) is 19.9 Å². The Hall–Kier alpha value is -1.05. The topological polar surface area (TPSA) is 107 Å². The lowest BCUT2D eigenvalue weighted by Gasteiger charge is -2.17. The molecule has 0 unspecified atom stereocenters. The molecule has 0 aromatic carbocycles. The van der Waals surface area contributed by atoms with Crippen LogP contribution in [-0.4, -0.2) is 66.6 Å². The molecule has 0 aromatic rings. The molecule has 15 heavy (non-hydrogen) atoms. The van der Waals surface area contributed by atoms with Gasteiger partial charge in [-0.15, -0.1) is 0 Å². The molecule has 0 aliphatic carbocycles. The fraction of sp³-hybridized carbons (Fsp3) is 0.667. The van der Waals surface area contributed by atoms with Gasteiger partial charge in [0.1, 0.15) is 0 Å². The minimum Gasteiger partial charge on any atom is -0.481 e. The summed E-state index contributed by atoms with van der Waals surface area (Å²) in [5, 5.41) is 25.5. The third-order valence-corrected chi connectivity index (χ3v) is 1.62. The second kappa shape index (κ2) is 8.27. The van der Waals surface area contributed by atoms with Gasteiger partial charge in [0.15, 0.2) is 5.81 Å². The molecule has 0 saturated heterocycles. The molecule has 3 N–H and O–H groups in total. The first-order valence-corrected chi connectivity index (χ1v) is 4.40. The Morgan fingerprint density at radius 2 is 1.93 bits per heavy atom. The molecule has 0 aromatic heterocycles. The van der Waals surface area contributed by atoms with Crippen molar-refractivity contribution in [3.8, 4) is 0 Å². The maximum Gasteiger partial charge on any atom is 0.395 e.